The average molecular weight is 537 g/mol. The van der Waals surface area contributed by atoms with E-state index >= 15 is 0 Å². The quantitative estimate of drug-likeness (QED) is 0.320. The number of fused-ring (bicyclic) bond motifs is 1. The Hall–Kier alpha value is -3.50. The number of ether oxygens (including phenoxy) is 2. The number of carbonyl (C=O) groups is 2. The van der Waals surface area contributed by atoms with Crippen molar-refractivity contribution >= 4 is 49.8 Å². The molecule has 1 aliphatic rings. The maximum absolute atomic E-state index is 13.0. The summed E-state index contributed by atoms with van der Waals surface area (Å²) in [7, 11) is 1.60. The van der Waals surface area contributed by atoms with Gasteiger partial charge in [0.2, 0.25) is 0 Å². The van der Waals surface area contributed by atoms with Crippen LogP contribution < -0.4 is 14.8 Å². The van der Waals surface area contributed by atoms with E-state index in [1.165, 1.54) is 22.7 Å². The molecule has 1 aliphatic heterocycles. The fraction of sp³-hybridized carbons (Fsp3) is 0.333. The van der Waals surface area contributed by atoms with Crippen molar-refractivity contribution < 1.29 is 19.1 Å². The van der Waals surface area contributed by atoms with Crippen molar-refractivity contribution in [1.29, 1.82) is 0 Å². The molecule has 4 aromatic rings. The third-order valence-electron chi connectivity index (χ3n) is 6.18. The Labute approximate surface area is 223 Å². The molecule has 0 atom stereocenters. The number of methoxy groups -OCH3 is 1. The van der Waals surface area contributed by atoms with E-state index in [2.05, 4.69) is 15.3 Å². The van der Waals surface area contributed by atoms with Gasteiger partial charge in [-0.25, -0.2) is 9.97 Å². The van der Waals surface area contributed by atoms with Crippen LogP contribution in [-0.4, -0.2) is 53.0 Å². The number of para-hydroxylation sites is 1. The van der Waals surface area contributed by atoms with Gasteiger partial charge in [0.05, 0.1) is 22.9 Å². The Balaban J connectivity index is 1.17. The van der Waals surface area contributed by atoms with Gasteiger partial charge in [0.1, 0.15) is 22.7 Å². The van der Waals surface area contributed by atoms with Gasteiger partial charge in [0, 0.05) is 30.0 Å². The fourth-order valence-electron chi connectivity index (χ4n) is 4.34. The van der Waals surface area contributed by atoms with Crippen molar-refractivity contribution in [1.82, 2.24) is 14.9 Å². The molecule has 0 aliphatic carbocycles. The van der Waals surface area contributed by atoms with Gasteiger partial charge in [-0.2, -0.15) is 0 Å². The summed E-state index contributed by atoms with van der Waals surface area (Å²) in [6, 6.07) is 13.0. The lowest BCUT2D eigenvalue weighted by Gasteiger charge is -2.31. The maximum Gasteiger partial charge on any atom is 0.276 e. The number of thiazole rings is 2. The molecule has 5 rings (SSSR count). The summed E-state index contributed by atoms with van der Waals surface area (Å²) in [6.45, 7) is 5.26. The van der Waals surface area contributed by atoms with Crippen LogP contribution in [0, 0.1) is 0 Å². The van der Waals surface area contributed by atoms with Gasteiger partial charge in [0.15, 0.2) is 5.13 Å². The zero-order valence-electron chi connectivity index (χ0n) is 20.9. The number of carbonyl (C=O) groups excluding carboxylic acids is 2. The number of hydrogen-bond acceptors (Lipinski definition) is 8. The Morgan fingerprint density at radius 1 is 1.08 bits per heavy atom. The molecular weight excluding hydrogens is 508 g/mol. The molecule has 3 heterocycles. The standard InChI is InChI=1S/C27H28N4O4S2/c1-16(2)35-19-9-7-18(8-10-19)26(33)31-13-11-17(12-14-31)25-28-20(15-36-25)24(32)30-27-29-23-21(34-3)5-4-6-22(23)37-27/h4-10,15-17H,11-14H2,1-3H3,(H,29,30,32). The Bertz CT molecular complexity index is 1410. The smallest absolute Gasteiger partial charge is 0.276 e. The van der Waals surface area contributed by atoms with Crippen molar-refractivity contribution in [2.24, 2.45) is 0 Å². The number of aromatic nitrogens is 2. The van der Waals surface area contributed by atoms with Crippen LogP contribution >= 0.6 is 22.7 Å². The molecule has 0 unspecified atom stereocenters. The first-order valence-electron chi connectivity index (χ1n) is 12.2. The zero-order valence-corrected chi connectivity index (χ0v) is 22.5. The highest BCUT2D eigenvalue weighted by Crippen LogP contribution is 2.33. The first-order chi connectivity index (χ1) is 17.9. The third-order valence-corrected chi connectivity index (χ3v) is 8.12. The van der Waals surface area contributed by atoms with E-state index in [0.717, 1.165) is 33.8 Å². The average Bonchev–Trinajstić information content (AvgIpc) is 3.56. The van der Waals surface area contributed by atoms with E-state index in [1.54, 1.807) is 12.5 Å². The highest BCUT2D eigenvalue weighted by atomic mass is 32.1. The van der Waals surface area contributed by atoms with Crippen LogP contribution in [0.25, 0.3) is 10.2 Å². The van der Waals surface area contributed by atoms with Gasteiger partial charge >= 0.3 is 0 Å². The van der Waals surface area contributed by atoms with Crippen LogP contribution in [-0.2, 0) is 0 Å². The molecule has 1 N–H and O–H groups in total. The molecule has 2 aromatic carbocycles. The van der Waals surface area contributed by atoms with Gasteiger partial charge in [-0.3, -0.25) is 14.9 Å². The van der Waals surface area contributed by atoms with E-state index in [0.29, 0.717) is 35.2 Å². The summed E-state index contributed by atoms with van der Waals surface area (Å²) in [5.41, 5.74) is 1.77. The number of amides is 2. The third kappa shape index (κ3) is 5.60. The van der Waals surface area contributed by atoms with Crippen molar-refractivity contribution in [2.75, 3.05) is 25.5 Å². The van der Waals surface area contributed by atoms with Crippen molar-refractivity contribution in [3.05, 3.63) is 64.1 Å². The molecule has 2 aromatic heterocycles. The predicted octanol–water partition coefficient (Wildman–Crippen LogP) is 5.82. The second kappa shape index (κ2) is 10.9. The minimum Gasteiger partial charge on any atom is -0.494 e. The predicted molar refractivity (Wildman–Crippen MR) is 146 cm³/mol. The topological polar surface area (TPSA) is 93.7 Å². The molecular formula is C27H28N4O4S2. The summed E-state index contributed by atoms with van der Waals surface area (Å²) in [4.78, 5) is 36.8. The summed E-state index contributed by atoms with van der Waals surface area (Å²) in [5, 5.41) is 6.09. The highest BCUT2D eigenvalue weighted by Gasteiger charge is 2.27. The molecule has 8 nitrogen and oxygen atoms in total. The van der Waals surface area contributed by atoms with Crippen molar-refractivity contribution in [3.63, 3.8) is 0 Å². The van der Waals surface area contributed by atoms with Crippen LogP contribution in [0.1, 0.15) is 58.5 Å². The Morgan fingerprint density at radius 2 is 1.84 bits per heavy atom. The molecule has 0 bridgehead atoms. The molecule has 37 heavy (non-hydrogen) atoms. The van der Waals surface area contributed by atoms with Gasteiger partial charge in [-0.1, -0.05) is 17.4 Å². The molecule has 192 valence electrons. The van der Waals surface area contributed by atoms with Crippen molar-refractivity contribution in [3.8, 4) is 11.5 Å². The normalized spacial score (nSPS) is 14.2. The molecule has 0 saturated carbocycles. The number of anilines is 1. The minimum atomic E-state index is -0.280. The lowest BCUT2D eigenvalue weighted by molar-refractivity contribution is 0.0713. The number of nitrogens with zero attached hydrogens (tertiary/aromatic N) is 3. The first-order valence-corrected chi connectivity index (χ1v) is 13.9. The number of benzene rings is 2. The van der Waals surface area contributed by atoms with Crippen LogP contribution in [0.4, 0.5) is 5.13 Å². The van der Waals surface area contributed by atoms with E-state index in [1.807, 2.05) is 61.2 Å². The SMILES string of the molecule is COc1cccc2sc(NC(=O)c3csc(C4CCN(C(=O)c5ccc(OC(C)C)cc5)CC4)n3)nc12. The van der Waals surface area contributed by atoms with Crippen LogP contribution in [0.2, 0.25) is 0 Å². The van der Waals surface area contributed by atoms with E-state index < -0.39 is 0 Å². The van der Waals surface area contributed by atoms with E-state index in [9.17, 15) is 9.59 Å². The molecule has 2 amide bonds. The molecule has 10 heteroatoms. The first kappa shape index (κ1) is 25.2. The Kier molecular flexibility index (Phi) is 7.38. The molecule has 1 saturated heterocycles. The highest BCUT2D eigenvalue weighted by molar-refractivity contribution is 7.22. The van der Waals surface area contributed by atoms with E-state index in [4.69, 9.17) is 9.47 Å². The Morgan fingerprint density at radius 3 is 2.54 bits per heavy atom. The number of piperidine rings is 1. The van der Waals surface area contributed by atoms with Gasteiger partial charge < -0.3 is 14.4 Å². The number of nitrogens with one attached hydrogen (secondary N) is 1. The van der Waals surface area contributed by atoms with Crippen LogP contribution in [0.5, 0.6) is 11.5 Å². The summed E-state index contributed by atoms with van der Waals surface area (Å²) < 4.78 is 12.0. The largest absolute Gasteiger partial charge is 0.494 e. The monoisotopic (exact) mass is 536 g/mol. The molecule has 0 radical (unpaired) electrons. The second-order valence-corrected chi connectivity index (χ2v) is 11.0. The lowest BCUT2D eigenvalue weighted by Crippen LogP contribution is -2.37. The van der Waals surface area contributed by atoms with Crippen LogP contribution in [0.3, 0.4) is 0 Å². The van der Waals surface area contributed by atoms with Gasteiger partial charge in [-0.15, -0.1) is 11.3 Å². The summed E-state index contributed by atoms with van der Waals surface area (Å²) in [5.74, 6) is 1.41. The number of rotatable bonds is 7. The summed E-state index contributed by atoms with van der Waals surface area (Å²) in [6.07, 6.45) is 1.72. The number of hydrogen-bond donors (Lipinski definition) is 1. The lowest BCUT2D eigenvalue weighted by atomic mass is 9.97. The number of likely N-dealkylation sites (tertiary alicyclic amines) is 1. The van der Waals surface area contributed by atoms with Gasteiger partial charge in [0.25, 0.3) is 11.8 Å². The van der Waals surface area contributed by atoms with E-state index in [-0.39, 0.29) is 23.8 Å². The molecule has 0 spiro atoms. The second-order valence-electron chi connectivity index (χ2n) is 9.11. The van der Waals surface area contributed by atoms with Gasteiger partial charge in [-0.05, 0) is 63.1 Å². The minimum absolute atomic E-state index is 0.0289. The van der Waals surface area contributed by atoms with Crippen molar-refractivity contribution in [2.45, 2.75) is 38.7 Å². The maximum atomic E-state index is 13.0. The summed E-state index contributed by atoms with van der Waals surface area (Å²) >= 11 is 2.89. The van der Waals surface area contributed by atoms with Crippen LogP contribution in [0.15, 0.2) is 47.8 Å². The fourth-order valence-corrected chi connectivity index (χ4v) is 6.19. The molecule has 1 fully saturated rings. The zero-order chi connectivity index (χ0) is 25.9.